The van der Waals surface area contributed by atoms with Gasteiger partial charge in [-0.3, -0.25) is 0 Å². The van der Waals surface area contributed by atoms with Crippen LogP contribution in [0.5, 0.6) is 0 Å². The highest BCUT2D eigenvalue weighted by Crippen LogP contribution is 2.33. The number of rotatable bonds is 2. The van der Waals surface area contributed by atoms with Crippen LogP contribution in [0.1, 0.15) is 17.3 Å². The van der Waals surface area contributed by atoms with Gasteiger partial charge in [0.15, 0.2) is 11.6 Å². The molecule has 0 bridgehead atoms. The molecule has 1 rings (SSSR count). The molecule has 0 aliphatic carbocycles. The molecule has 0 aliphatic rings. The Morgan fingerprint density at radius 3 is 2.56 bits per heavy atom. The molecule has 0 aromatic heterocycles. The average molecular weight is 406 g/mol. The van der Waals surface area contributed by atoms with Gasteiger partial charge in [0.2, 0.25) is 0 Å². The third-order valence-corrected chi connectivity index (χ3v) is 4.28. The fourth-order valence-electron chi connectivity index (χ4n) is 1.05. The van der Waals surface area contributed by atoms with Crippen LogP contribution in [0.3, 0.4) is 0 Å². The Balaban J connectivity index is 3.45. The van der Waals surface area contributed by atoms with Crippen molar-refractivity contribution in [3.63, 3.8) is 0 Å². The van der Waals surface area contributed by atoms with Gasteiger partial charge in [-0.15, -0.1) is 0 Å². The summed E-state index contributed by atoms with van der Waals surface area (Å²) < 4.78 is 31.6. The fourth-order valence-corrected chi connectivity index (χ4v) is 1.95. The molecule has 16 heavy (non-hydrogen) atoms. The summed E-state index contributed by atoms with van der Waals surface area (Å²) in [6, 6.07) is 0. The van der Waals surface area contributed by atoms with E-state index < -0.39 is 28.9 Å². The van der Waals surface area contributed by atoms with Gasteiger partial charge in [0.1, 0.15) is 5.56 Å². The summed E-state index contributed by atoms with van der Waals surface area (Å²) in [5.74, 6) is -2.72. The lowest BCUT2D eigenvalue weighted by atomic mass is 10.1. The standard InChI is InChI=1S/C9H7BrF2INO2/c1-2-16-9(15)3-5(11)7(13)4(10)6(12)8(3)14/h2,14H2,1H3. The van der Waals surface area contributed by atoms with E-state index in [1.807, 2.05) is 0 Å². The second-order valence-corrected chi connectivity index (χ2v) is 4.64. The molecule has 88 valence electrons. The summed E-state index contributed by atoms with van der Waals surface area (Å²) in [5.41, 5.74) is 4.22. The van der Waals surface area contributed by atoms with Crippen molar-refractivity contribution in [2.45, 2.75) is 6.92 Å². The predicted octanol–water partition coefficient (Wildman–Crippen LogP) is 3.09. The van der Waals surface area contributed by atoms with Crippen LogP contribution < -0.4 is 5.73 Å². The molecule has 0 saturated carbocycles. The molecule has 7 heteroatoms. The minimum absolute atomic E-state index is 0.0487. The number of nitrogen functional groups attached to an aromatic ring is 1. The molecule has 0 aliphatic heterocycles. The number of hydrogen-bond donors (Lipinski definition) is 1. The maximum absolute atomic E-state index is 13.7. The van der Waals surface area contributed by atoms with E-state index in [0.717, 1.165) is 0 Å². The molecule has 0 atom stereocenters. The molecule has 0 fully saturated rings. The molecule has 3 nitrogen and oxygen atoms in total. The molecule has 2 N–H and O–H groups in total. The molecule has 0 spiro atoms. The van der Waals surface area contributed by atoms with Crippen molar-refractivity contribution >= 4 is 50.2 Å². The fraction of sp³-hybridized carbons (Fsp3) is 0.222. The van der Waals surface area contributed by atoms with Crippen LogP contribution in [0.2, 0.25) is 0 Å². The zero-order valence-electron chi connectivity index (χ0n) is 8.11. The Morgan fingerprint density at radius 2 is 2.06 bits per heavy atom. The first-order valence-electron chi connectivity index (χ1n) is 4.20. The van der Waals surface area contributed by atoms with Crippen molar-refractivity contribution < 1.29 is 18.3 Å². The monoisotopic (exact) mass is 405 g/mol. The van der Waals surface area contributed by atoms with Gasteiger partial charge in [0.05, 0.1) is 20.3 Å². The van der Waals surface area contributed by atoms with Gasteiger partial charge < -0.3 is 10.5 Å². The zero-order valence-corrected chi connectivity index (χ0v) is 11.9. The maximum Gasteiger partial charge on any atom is 0.343 e. The highest BCUT2D eigenvalue weighted by molar-refractivity contribution is 14.1. The van der Waals surface area contributed by atoms with E-state index in [1.54, 1.807) is 29.5 Å². The molecular formula is C9H7BrF2INO2. The highest BCUT2D eigenvalue weighted by atomic mass is 127. The molecular weight excluding hydrogens is 399 g/mol. The SMILES string of the molecule is CCOC(=O)c1c(N)c(F)c(Br)c(I)c1F. The van der Waals surface area contributed by atoms with Gasteiger partial charge in [-0.2, -0.15) is 0 Å². The van der Waals surface area contributed by atoms with Gasteiger partial charge in [-0.05, 0) is 45.4 Å². The van der Waals surface area contributed by atoms with Crippen LogP contribution in [0.25, 0.3) is 0 Å². The minimum Gasteiger partial charge on any atom is -0.462 e. The minimum atomic E-state index is -0.971. The summed E-state index contributed by atoms with van der Waals surface area (Å²) in [6.07, 6.45) is 0. The topological polar surface area (TPSA) is 52.3 Å². The second-order valence-electron chi connectivity index (χ2n) is 2.77. The number of carbonyl (C=O) groups excluding carboxylic acids is 1. The lowest BCUT2D eigenvalue weighted by Crippen LogP contribution is -2.14. The van der Waals surface area contributed by atoms with Gasteiger partial charge in [0, 0.05) is 0 Å². The third kappa shape index (κ3) is 2.29. The van der Waals surface area contributed by atoms with Gasteiger partial charge >= 0.3 is 5.97 Å². The van der Waals surface area contributed by atoms with Gasteiger partial charge in [0.25, 0.3) is 0 Å². The molecule has 1 aromatic carbocycles. The van der Waals surface area contributed by atoms with Crippen LogP contribution in [-0.4, -0.2) is 12.6 Å². The summed E-state index contributed by atoms with van der Waals surface area (Å²) in [4.78, 5) is 11.4. The van der Waals surface area contributed by atoms with Crippen molar-refractivity contribution in [2.24, 2.45) is 0 Å². The smallest absolute Gasteiger partial charge is 0.343 e. The second kappa shape index (κ2) is 5.26. The Labute approximate surface area is 113 Å². The third-order valence-electron chi connectivity index (χ3n) is 1.78. The lowest BCUT2D eigenvalue weighted by Gasteiger charge is -2.10. The van der Waals surface area contributed by atoms with Crippen LogP contribution in [-0.2, 0) is 4.74 Å². The van der Waals surface area contributed by atoms with Crippen LogP contribution in [0, 0.1) is 15.2 Å². The lowest BCUT2D eigenvalue weighted by molar-refractivity contribution is 0.0521. The first-order valence-corrected chi connectivity index (χ1v) is 6.07. The van der Waals surface area contributed by atoms with Crippen LogP contribution >= 0.6 is 38.5 Å². The molecule has 0 unspecified atom stereocenters. The number of ether oxygens (including phenoxy) is 1. The first kappa shape index (κ1) is 13.6. The normalized spacial score (nSPS) is 10.3. The Bertz CT molecular complexity index is 425. The Hall–Kier alpha value is -0.440. The van der Waals surface area contributed by atoms with E-state index in [0.29, 0.717) is 0 Å². The van der Waals surface area contributed by atoms with Gasteiger partial charge in [-0.25, -0.2) is 13.6 Å². The van der Waals surface area contributed by atoms with Crippen molar-refractivity contribution in [2.75, 3.05) is 12.3 Å². The summed E-state index contributed by atoms with van der Waals surface area (Å²) in [7, 11) is 0. The van der Waals surface area contributed by atoms with Crippen LogP contribution in [0.4, 0.5) is 14.5 Å². The number of carbonyl (C=O) groups is 1. The highest BCUT2D eigenvalue weighted by Gasteiger charge is 2.25. The Kier molecular flexibility index (Phi) is 4.48. The van der Waals surface area contributed by atoms with Crippen molar-refractivity contribution in [1.82, 2.24) is 0 Å². The molecule has 0 heterocycles. The van der Waals surface area contributed by atoms with E-state index >= 15 is 0 Å². The van der Waals surface area contributed by atoms with Crippen molar-refractivity contribution in [3.8, 4) is 0 Å². The zero-order chi connectivity index (χ0) is 12.5. The number of benzene rings is 1. The van der Waals surface area contributed by atoms with E-state index in [1.165, 1.54) is 0 Å². The summed E-state index contributed by atoms with van der Waals surface area (Å²) in [5, 5.41) is 0. The van der Waals surface area contributed by atoms with E-state index in [9.17, 15) is 13.6 Å². The molecule has 1 aromatic rings. The molecule has 0 amide bonds. The molecule has 0 saturated heterocycles. The summed E-state index contributed by atoms with van der Waals surface area (Å²) >= 11 is 4.42. The average Bonchev–Trinajstić information content (AvgIpc) is 2.24. The largest absolute Gasteiger partial charge is 0.462 e. The number of anilines is 1. The van der Waals surface area contributed by atoms with Crippen molar-refractivity contribution in [3.05, 3.63) is 25.2 Å². The quantitative estimate of drug-likeness (QED) is 0.270. The predicted molar refractivity (Wildman–Crippen MR) is 67.1 cm³/mol. The van der Waals surface area contributed by atoms with Crippen LogP contribution in [0.15, 0.2) is 4.47 Å². The van der Waals surface area contributed by atoms with Gasteiger partial charge in [-0.1, -0.05) is 0 Å². The van der Waals surface area contributed by atoms with Crippen molar-refractivity contribution in [1.29, 1.82) is 0 Å². The first-order chi connectivity index (χ1) is 7.41. The Morgan fingerprint density at radius 1 is 1.50 bits per heavy atom. The van der Waals surface area contributed by atoms with E-state index in [2.05, 4.69) is 20.7 Å². The number of hydrogen-bond acceptors (Lipinski definition) is 3. The number of halogens is 4. The number of nitrogens with two attached hydrogens (primary N) is 1. The maximum atomic E-state index is 13.7. The summed E-state index contributed by atoms with van der Waals surface area (Å²) in [6.45, 7) is 1.62. The number of esters is 1. The van der Waals surface area contributed by atoms with E-state index in [-0.39, 0.29) is 14.6 Å². The molecule has 0 radical (unpaired) electrons. The van der Waals surface area contributed by atoms with E-state index in [4.69, 9.17) is 5.73 Å².